The molecule has 0 aliphatic heterocycles. The zero-order valence-electron chi connectivity index (χ0n) is 13.3. The highest BCUT2D eigenvalue weighted by atomic mass is 35.5. The maximum atomic E-state index is 12.2. The fourth-order valence-corrected chi connectivity index (χ4v) is 2.56. The quantitative estimate of drug-likeness (QED) is 0.824. The molecule has 0 heterocycles. The van der Waals surface area contributed by atoms with Gasteiger partial charge in [0.2, 0.25) is 5.91 Å². The van der Waals surface area contributed by atoms with Crippen LogP contribution in [0.1, 0.15) is 30.5 Å². The van der Waals surface area contributed by atoms with Crippen LogP contribution in [0.5, 0.6) is 0 Å². The summed E-state index contributed by atoms with van der Waals surface area (Å²) in [6.45, 7) is 6.31. The molecule has 22 heavy (non-hydrogen) atoms. The van der Waals surface area contributed by atoms with Crippen LogP contribution in [-0.4, -0.2) is 5.91 Å². The average Bonchev–Trinajstić information content (AvgIpc) is 2.45. The van der Waals surface area contributed by atoms with E-state index in [2.05, 4.69) is 31.3 Å². The van der Waals surface area contributed by atoms with Crippen LogP contribution in [0, 0.1) is 12.8 Å². The van der Waals surface area contributed by atoms with Crippen LogP contribution in [0.2, 0.25) is 5.02 Å². The summed E-state index contributed by atoms with van der Waals surface area (Å²) in [7, 11) is 0. The molecule has 3 heteroatoms. The van der Waals surface area contributed by atoms with E-state index in [0.717, 1.165) is 23.2 Å². The van der Waals surface area contributed by atoms with E-state index in [9.17, 15) is 4.79 Å². The molecular formula is C19H22ClNO. The zero-order valence-corrected chi connectivity index (χ0v) is 14.1. The van der Waals surface area contributed by atoms with Gasteiger partial charge in [0, 0.05) is 10.7 Å². The molecule has 0 saturated carbocycles. The van der Waals surface area contributed by atoms with Crippen molar-refractivity contribution in [3.8, 4) is 0 Å². The van der Waals surface area contributed by atoms with Gasteiger partial charge < -0.3 is 5.32 Å². The molecule has 1 N–H and O–H groups in total. The van der Waals surface area contributed by atoms with E-state index in [4.69, 9.17) is 11.6 Å². The van der Waals surface area contributed by atoms with E-state index < -0.39 is 0 Å². The molecule has 2 rings (SSSR count). The van der Waals surface area contributed by atoms with Crippen LogP contribution in [0.25, 0.3) is 0 Å². The molecule has 0 radical (unpaired) electrons. The van der Waals surface area contributed by atoms with Crippen molar-refractivity contribution in [3.05, 3.63) is 64.2 Å². The Kier molecular flexibility index (Phi) is 5.62. The Morgan fingerprint density at radius 3 is 2.36 bits per heavy atom. The Hall–Kier alpha value is -1.80. The Balaban J connectivity index is 1.98. The second-order valence-electron chi connectivity index (χ2n) is 6.05. The molecule has 0 aliphatic rings. The van der Waals surface area contributed by atoms with Gasteiger partial charge in [-0.05, 0) is 48.1 Å². The topological polar surface area (TPSA) is 29.1 Å². The fourth-order valence-electron chi connectivity index (χ4n) is 2.39. The van der Waals surface area contributed by atoms with Gasteiger partial charge >= 0.3 is 0 Å². The van der Waals surface area contributed by atoms with Crippen molar-refractivity contribution in [3.63, 3.8) is 0 Å². The van der Waals surface area contributed by atoms with Gasteiger partial charge in [-0.2, -0.15) is 0 Å². The van der Waals surface area contributed by atoms with Gasteiger partial charge in [0.15, 0.2) is 0 Å². The molecule has 2 aromatic carbocycles. The molecule has 116 valence electrons. The van der Waals surface area contributed by atoms with E-state index in [0.29, 0.717) is 17.4 Å². The van der Waals surface area contributed by atoms with E-state index in [1.807, 2.05) is 37.3 Å². The van der Waals surface area contributed by atoms with Gasteiger partial charge in [-0.1, -0.05) is 55.8 Å². The van der Waals surface area contributed by atoms with Gasteiger partial charge in [-0.15, -0.1) is 0 Å². The highest BCUT2D eigenvalue weighted by Gasteiger charge is 2.08. The molecule has 1 amide bonds. The highest BCUT2D eigenvalue weighted by Crippen LogP contribution is 2.23. The van der Waals surface area contributed by atoms with Gasteiger partial charge in [-0.3, -0.25) is 4.79 Å². The van der Waals surface area contributed by atoms with Crippen molar-refractivity contribution in [2.75, 3.05) is 5.32 Å². The number of carbonyl (C=O) groups excluding carboxylic acids is 1. The number of amides is 1. The Morgan fingerprint density at radius 1 is 1.09 bits per heavy atom. The first-order chi connectivity index (χ1) is 10.5. The van der Waals surface area contributed by atoms with Crippen LogP contribution in [0.15, 0.2) is 42.5 Å². The molecule has 0 fully saturated rings. The van der Waals surface area contributed by atoms with Crippen LogP contribution in [0.4, 0.5) is 5.69 Å². The number of halogens is 1. The number of benzene rings is 2. The molecule has 0 bridgehead atoms. The predicted octanol–water partition coefficient (Wildman–Crippen LogP) is 5.03. The summed E-state index contributed by atoms with van der Waals surface area (Å²) in [4.78, 5) is 12.2. The number of rotatable bonds is 5. The Morgan fingerprint density at radius 2 is 1.73 bits per heavy atom. The van der Waals surface area contributed by atoms with Gasteiger partial charge in [-0.25, -0.2) is 0 Å². The van der Waals surface area contributed by atoms with E-state index >= 15 is 0 Å². The molecular weight excluding hydrogens is 294 g/mol. The van der Waals surface area contributed by atoms with Crippen molar-refractivity contribution >= 4 is 23.2 Å². The van der Waals surface area contributed by atoms with Crippen molar-refractivity contribution in [1.29, 1.82) is 0 Å². The van der Waals surface area contributed by atoms with Gasteiger partial charge in [0.05, 0.1) is 6.42 Å². The molecule has 0 aliphatic carbocycles. The van der Waals surface area contributed by atoms with Crippen molar-refractivity contribution in [1.82, 2.24) is 0 Å². The number of nitrogens with one attached hydrogen (secondary N) is 1. The second-order valence-corrected chi connectivity index (χ2v) is 6.46. The van der Waals surface area contributed by atoms with Crippen LogP contribution in [0.3, 0.4) is 0 Å². The standard InChI is InChI=1S/C19H22ClNO/c1-13(2)11-15-7-9-16(10-8-15)12-19(22)21-18-6-4-5-17(20)14(18)3/h4-10,13H,11-12H2,1-3H3,(H,21,22). The summed E-state index contributed by atoms with van der Waals surface area (Å²) >= 11 is 6.07. The predicted molar refractivity (Wildman–Crippen MR) is 93.5 cm³/mol. The zero-order chi connectivity index (χ0) is 16.1. The van der Waals surface area contributed by atoms with Crippen LogP contribution >= 0.6 is 11.6 Å². The lowest BCUT2D eigenvalue weighted by atomic mass is 10.0. The summed E-state index contributed by atoms with van der Waals surface area (Å²) < 4.78 is 0. The normalized spacial score (nSPS) is 10.8. The molecule has 2 nitrogen and oxygen atoms in total. The third kappa shape index (κ3) is 4.60. The summed E-state index contributed by atoms with van der Waals surface area (Å²) in [5.41, 5.74) is 3.99. The first-order valence-electron chi connectivity index (χ1n) is 7.58. The minimum atomic E-state index is -0.0259. The Labute approximate surface area is 137 Å². The lowest BCUT2D eigenvalue weighted by Crippen LogP contribution is -2.15. The highest BCUT2D eigenvalue weighted by molar-refractivity contribution is 6.31. The first-order valence-corrected chi connectivity index (χ1v) is 7.96. The van der Waals surface area contributed by atoms with Crippen LogP contribution < -0.4 is 5.32 Å². The van der Waals surface area contributed by atoms with E-state index in [1.54, 1.807) is 0 Å². The molecule has 0 aromatic heterocycles. The molecule has 2 aromatic rings. The number of anilines is 1. The summed E-state index contributed by atoms with van der Waals surface area (Å²) in [6, 6.07) is 13.8. The van der Waals surface area contributed by atoms with Crippen molar-refractivity contribution in [2.24, 2.45) is 5.92 Å². The van der Waals surface area contributed by atoms with Gasteiger partial charge in [0.25, 0.3) is 0 Å². The minimum absolute atomic E-state index is 0.0259. The van der Waals surface area contributed by atoms with E-state index in [1.165, 1.54) is 5.56 Å². The third-order valence-electron chi connectivity index (χ3n) is 3.57. The van der Waals surface area contributed by atoms with Crippen molar-refractivity contribution in [2.45, 2.75) is 33.6 Å². The maximum absolute atomic E-state index is 12.2. The number of hydrogen-bond donors (Lipinski definition) is 1. The minimum Gasteiger partial charge on any atom is -0.326 e. The lowest BCUT2D eigenvalue weighted by Gasteiger charge is -2.10. The van der Waals surface area contributed by atoms with E-state index in [-0.39, 0.29) is 5.91 Å². The van der Waals surface area contributed by atoms with Crippen LogP contribution in [-0.2, 0) is 17.6 Å². The fraction of sp³-hybridized carbons (Fsp3) is 0.316. The molecule has 0 spiro atoms. The largest absolute Gasteiger partial charge is 0.326 e. The van der Waals surface area contributed by atoms with Crippen molar-refractivity contribution < 1.29 is 4.79 Å². The smallest absolute Gasteiger partial charge is 0.228 e. The molecule has 0 unspecified atom stereocenters. The SMILES string of the molecule is Cc1c(Cl)cccc1NC(=O)Cc1ccc(CC(C)C)cc1. The summed E-state index contributed by atoms with van der Waals surface area (Å²) in [5, 5.41) is 3.59. The molecule has 0 atom stereocenters. The lowest BCUT2D eigenvalue weighted by molar-refractivity contribution is -0.115. The monoisotopic (exact) mass is 315 g/mol. The average molecular weight is 316 g/mol. The molecule has 0 saturated heterocycles. The second kappa shape index (κ2) is 7.46. The third-order valence-corrected chi connectivity index (χ3v) is 3.98. The first kappa shape index (κ1) is 16.6. The number of hydrogen-bond acceptors (Lipinski definition) is 1. The Bertz CT molecular complexity index is 647. The maximum Gasteiger partial charge on any atom is 0.228 e. The number of carbonyl (C=O) groups is 1. The van der Waals surface area contributed by atoms with Gasteiger partial charge in [0.1, 0.15) is 0 Å². The summed E-state index contributed by atoms with van der Waals surface area (Å²) in [5.74, 6) is 0.613. The summed E-state index contributed by atoms with van der Waals surface area (Å²) in [6.07, 6.45) is 1.43.